The molecule has 10 heteroatoms. The molecule has 0 amide bonds. The molecule has 0 aliphatic heterocycles. The third kappa shape index (κ3) is 3.38. The van der Waals surface area contributed by atoms with Crippen molar-refractivity contribution >= 4 is 5.97 Å². The molecule has 8 nitrogen and oxygen atoms in total. The van der Waals surface area contributed by atoms with E-state index in [2.05, 4.69) is 20.5 Å². The number of aromatic nitrogens is 5. The molecule has 0 radical (unpaired) electrons. The van der Waals surface area contributed by atoms with Crippen LogP contribution in [-0.2, 0) is 13.0 Å². The number of carboxylic acids is 1. The zero-order chi connectivity index (χ0) is 15.6. The highest BCUT2D eigenvalue weighted by Gasteiger charge is 2.27. The summed E-state index contributed by atoms with van der Waals surface area (Å²) < 4.78 is 31.6. The van der Waals surface area contributed by atoms with E-state index in [0.29, 0.717) is 18.2 Å². The molecule has 0 saturated heterocycles. The summed E-state index contributed by atoms with van der Waals surface area (Å²) in [6.45, 7) is 3.70. The van der Waals surface area contributed by atoms with E-state index in [1.54, 1.807) is 0 Å². The maximum absolute atomic E-state index is 12.9. The van der Waals surface area contributed by atoms with E-state index in [4.69, 9.17) is 9.63 Å². The van der Waals surface area contributed by atoms with Crippen LogP contribution in [-0.4, -0.2) is 36.2 Å². The number of hydrogen-bond donors (Lipinski definition) is 1. The van der Waals surface area contributed by atoms with Gasteiger partial charge < -0.3 is 9.63 Å². The maximum Gasteiger partial charge on any atom is 0.358 e. The molecule has 2 heterocycles. The lowest BCUT2D eigenvalue weighted by molar-refractivity contribution is 0.0675. The third-order valence-electron chi connectivity index (χ3n) is 2.57. The van der Waals surface area contributed by atoms with Crippen LogP contribution in [0.5, 0.6) is 0 Å². The average molecular weight is 301 g/mol. The Hall–Kier alpha value is -2.39. The number of aromatic carboxylic acids is 1. The standard InChI is InChI=1S/C11H13F2N5O3/c1-5(2)3-7-14-6(16-21-7)4-18-9(10(12)13)8(11(19)20)15-17-18/h5,10H,3-4H2,1-2H3,(H,19,20). The zero-order valence-electron chi connectivity index (χ0n) is 11.3. The molecule has 21 heavy (non-hydrogen) atoms. The van der Waals surface area contributed by atoms with Gasteiger partial charge in [-0.3, -0.25) is 0 Å². The molecule has 2 rings (SSSR count). The lowest BCUT2D eigenvalue weighted by Gasteiger charge is -2.02. The van der Waals surface area contributed by atoms with E-state index in [1.165, 1.54) is 0 Å². The molecule has 2 aromatic rings. The number of rotatable bonds is 6. The minimum Gasteiger partial charge on any atom is -0.476 e. The van der Waals surface area contributed by atoms with Gasteiger partial charge in [0.2, 0.25) is 5.89 Å². The van der Waals surface area contributed by atoms with Crippen LogP contribution in [0.25, 0.3) is 0 Å². The predicted molar refractivity (Wildman–Crippen MR) is 63.9 cm³/mol. The minimum atomic E-state index is -3.02. The fraction of sp³-hybridized carbons (Fsp3) is 0.545. The summed E-state index contributed by atoms with van der Waals surface area (Å²) in [6, 6.07) is 0. The second-order valence-electron chi connectivity index (χ2n) is 4.79. The van der Waals surface area contributed by atoms with Crippen molar-refractivity contribution in [3.8, 4) is 0 Å². The lowest BCUT2D eigenvalue weighted by Crippen LogP contribution is -2.11. The maximum atomic E-state index is 12.9. The predicted octanol–water partition coefficient (Wildman–Crippen LogP) is 1.54. The fourth-order valence-corrected chi connectivity index (χ4v) is 1.73. The Balaban J connectivity index is 2.23. The molecule has 0 aliphatic rings. The van der Waals surface area contributed by atoms with E-state index in [0.717, 1.165) is 4.68 Å². The van der Waals surface area contributed by atoms with Crippen molar-refractivity contribution < 1.29 is 23.2 Å². The van der Waals surface area contributed by atoms with Gasteiger partial charge in [-0.25, -0.2) is 18.3 Å². The Morgan fingerprint density at radius 2 is 2.14 bits per heavy atom. The second-order valence-corrected chi connectivity index (χ2v) is 4.79. The summed E-state index contributed by atoms with van der Waals surface area (Å²) in [5.41, 5.74) is -1.56. The molecule has 0 aromatic carbocycles. The van der Waals surface area contributed by atoms with Crippen molar-refractivity contribution in [1.29, 1.82) is 0 Å². The molecule has 114 valence electrons. The molecule has 0 atom stereocenters. The highest BCUT2D eigenvalue weighted by Crippen LogP contribution is 2.22. The van der Waals surface area contributed by atoms with Crippen LogP contribution >= 0.6 is 0 Å². The van der Waals surface area contributed by atoms with Crippen LogP contribution in [0.1, 0.15) is 48.2 Å². The number of halogens is 2. The average Bonchev–Trinajstić information content (AvgIpc) is 2.96. The molecule has 0 spiro atoms. The van der Waals surface area contributed by atoms with Crippen molar-refractivity contribution in [1.82, 2.24) is 25.1 Å². The van der Waals surface area contributed by atoms with E-state index < -0.39 is 23.8 Å². The van der Waals surface area contributed by atoms with Crippen molar-refractivity contribution in [3.05, 3.63) is 23.1 Å². The Morgan fingerprint density at radius 3 is 2.71 bits per heavy atom. The molecular formula is C11H13F2N5O3. The van der Waals surface area contributed by atoms with E-state index in [9.17, 15) is 13.6 Å². The van der Waals surface area contributed by atoms with Crippen molar-refractivity contribution in [2.45, 2.75) is 33.2 Å². The first-order valence-electron chi connectivity index (χ1n) is 6.14. The van der Waals surface area contributed by atoms with Crippen molar-refractivity contribution in [2.75, 3.05) is 0 Å². The van der Waals surface area contributed by atoms with Crippen LogP contribution < -0.4 is 0 Å². The molecule has 0 fully saturated rings. The van der Waals surface area contributed by atoms with E-state index in [-0.39, 0.29) is 12.4 Å². The monoisotopic (exact) mass is 301 g/mol. The van der Waals surface area contributed by atoms with E-state index >= 15 is 0 Å². The molecule has 0 aliphatic carbocycles. The first-order chi connectivity index (χ1) is 9.88. The molecular weight excluding hydrogens is 288 g/mol. The van der Waals surface area contributed by atoms with Gasteiger partial charge in [0.05, 0.1) is 0 Å². The molecule has 0 bridgehead atoms. The summed E-state index contributed by atoms with van der Waals surface area (Å²) in [5.74, 6) is -0.739. The van der Waals surface area contributed by atoms with Gasteiger partial charge in [0.1, 0.15) is 12.2 Å². The summed E-state index contributed by atoms with van der Waals surface area (Å²) in [5, 5.41) is 19.1. The Morgan fingerprint density at radius 1 is 1.43 bits per heavy atom. The zero-order valence-corrected chi connectivity index (χ0v) is 11.3. The summed E-state index contributed by atoms with van der Waals surface area (Å²) in [7, 11) is 0. The number of alkyl halides is 2. The van der Waals surface area contributed by atoms with Gasteiger partial charge in [0, 0.05) is 6.42 Å². The highest BCUT2D eigenvalue weighted by atomic mass is 19.3. The number of hydrogen-bond acceptors (Lipinski definition) is 6. The van der Waals surface area contributed by atoms with Crippen molar-refractivity contribution in [3.63, 3.8) is 0 Å². The first kappa shape index (κ1) is 15.0. The van der Waals surface area contributed by atoms with Gasteiger partial charge in [-0.15, -0.1) is 5.10 Å². The van der Waals surface area contributed by atoms with Gasteiger partial charge in [-0.05, 0) is 5.92 Å². The summed E-state index contributed by atoms with van der Waals surface area (Å²) >= 11 is 0. The number of carboxylic acid groups (broad SMARTS) is 1. The summed E-state index contributed by atoms with van der Waals surface area (Å²) in [6.07, 6.45) is -2.46. The quantitative estimate of drug-likeness (QED) is 0.862. The number of nitrogens with zero attached hydrogens (tertiary/aromatic N) is 5. The second kappa shape index (κ2) is 5.94. The van der Waals surface area contributed by atoms with Crippen LogP contribution in [0.2, 0.25) is 0 Å². The van der Waals surface area contributed by atoms with Crippen LogP contribution in [0, 0.1) is 5.92 Å². The van der Waals surface area contributed by atoms with Crippen molar-refractivity contribution in [2.24, 2.45) is 5.92 Å². The molecule has 1 N–H and O–H groups in total. The van der Waals surface area contributed by atoms with Crippen LogP contribution in [0.3, 0.4) is 0 Å². The smallest absolute Gasteiger partial charge is 0.358 e. The van der Waals surface area contributed by atoms with Gasteiger partial charge in [0.15, 0.2) is 11.5 Å². The topological polar surface area (TPSA) is 107 Å². The molecule has 0 unspecified atom stereocenters. The normalized spacial score (nSPS) is 11.5. The first-order valence-corrected chi connectivity index (χ1v) is 6.14. The molecule has 2 aromatic heterocycles. The van der Waals surface area contributed by atoms with E-state index in [1.807, 2.05) is 13.8 Å². The third-order valence-corrected chi connectivity index (χ3v) is 2.57. The SMILES string of the molecule is CC(C)Cc1nc(Cn2nnc(C(=O)O)c2C(F)F)no1. The fourth-order valence-electron chi connectivity index (χ4n) is 1.73. The van der Waals surface area contributed by atoms with Gasteiger partial charge in [-0.2, -0.15) is 4.98 Å². The lowest BCUT2D eigenvalue weighted by atomic mass is 10.1. The Bertz CT molecular complexity index is 638. The number of carbonyl (C=O) groups is 1. The molecule has 0 saturated carbocycles. The Labute approximate surface area is 117 Å². The highest BCUT2D eigenvalue weighted by molar-refractivity contribution is 5.86. The van der Waals surface area contributed by atoms with Gasteiger partial charge >= 0.3 is 5.97 Å². The van der Waals surface area contributed by atoms with Crippen LogP contribution in [0.4, 0.5) is 8.78 Å². The summed E-state index contributed by atoms with van der Waals surface area (Å²) in [4.78, 5) is 14.9. The Kier molecular flexibility index (Phi) is 4.24. The van der Waals surface area contributed by atoms with Crippen LogP contribution in [0.15, 0.2) is 4.52 Å². The van der Waals surface area contributed by atoms with Gasteiger partial charge in [-0.1, -0.05) is 24.2 Å². The largest absolute Gasteiger partial charge is 0.476 e. The van der Waals surface area contributed by atoms with Gasteiger partial charge in [0.25, 0.3) is 6.43 Å². The minimum absolute atomic E-state index is 0.134.